The van der Waals surface area contributed by atoms with E-state index in [0.717, 1.165) is 29.1 Å². The Morgan fingerprint density at radius 1 is 0.880 bits per heavy atom. The predicted octanol–water partition coefficient (Wildman–Crippen LogP) is 3.41. The van der Waals surface area contributed by atoms with Crippen LogP contribution in [0, 0.1) is 29.1 Å². The van der Waals surface area contributed by atoms with E-state index < -0.39 is 0 Å². The second-order valence-electron chi connectivity index (χ2n) is 10.3. The first kappa shape index (κ1) is 18.3. The van der Waals surface area contributed by atoms with Crippen LogP contribution in [0.2, 0.25) is 0 Å². The summed E-state index contributed by atoms with van der Waals surface area (Å²) in [5.74, 6) is 3.87. The normalized spacial score (nSPS) is 36.2. The quantitative estimate of drug-likeness (QED) is 0.699. The molecule has 3 heteroatoms. The van der Waals surface area contributed by atoms with Crippen molar-refractivity contribution in [3.05, 3.63) is 0 Å². The lowest BCUT2D eigenvalue weighted by atomic mass is 9.83. The molecule has 4 rings (SSSR count). The van der Waals surface area contributed by atoms with Gasteiger partial charge in [-0.25, -0.2) is 0 Å². The highest BCUT2D eigenvalue weighted by molar-refractivity contribution is 5.00. The third-order valence-corrected chi connectivity index (χ3v) is 7.84. The average molecular weight is 348 g/mol. The fraction of sp³-hybridized carbons (Fsp3) is 1.00. The largest absolute Gasteiger partial charge is 0.302 e. The van der Waals surface area contributed by atoms with E-state index in [9.17, 15) is 0 Å². The molecule has 25 heavy (non-hydrogen) atoms. The molecule has 0 spiro atoms. The molecule has 2 heterocycles. The van der Waals surface area contributed by atoms with E-state index in [-0.39, 0.29) is 0 Å². The van der Waals surface area contributed by atoms with Crippen LogP contribution in [0.3, 0.4) is 0 Å². The molecule has 2 bridgehead atoms. The predicted molar refractivity (Wildman–Crippen MR) is 106 cm³/mol. The molecule has 4 aliphatic rings. The van der Waals surface area contributed by atoms with Crippen molar-refractivity contribution >= 4 is 0 Å². The molecule has 0 aromatic rings. The van der Waals surface area contributed by atoms with Crippen molar-refractivity contribution in [2.75, 3.05) is 58.9 Å². The van der Waals surface area contributed by atoms with Gasteiger partial charge in [-0.3, -0.25) is 0 Å². The van der Waals surface area contributed by atoms with Gasteiger partial charge < -0.3 is 14.7 Å². The number of fused-ring (bicyclic) bond motifs is 2. The van der Waals surface area contributed by atoms with Crippen LogP contribution in [0.4, 0.5) is 0 Å². The molecular formula is C22H41N3. The summed E-state index contributed by atoms with van der Waals surface area (Å²) < 4.78 is 0. The van der Waals surface area contributed by atoms with Crippen LogP contribution < -0.4 is 0 Å². The molecule has 0 N–H and O–H groups in total. The number of hydrogen-bond donors (Lipinski definition) is 0. The van der Waals surface area contributed by atoms with Crippen LogP contribution in [0.15, 0.2) is 0 Å². The minimum atomic E-state index is 0.719. The molecule has 0 radical (unpaired) electrons. The van der Waals surface area contributed by atoms with Gasteiger partial charge in [-0.1, -0.05) is 20.8 Å². The van der Waals surface area contributed by atoms with Crippen molar-refractivity contribution in [3.63, 3.8) is 0 Å². The Morgan fingerprint density at radius 2 is 1.48 bits per heavy atom. The zero-order valence-electron chi connectivity index (χ0n) is 17.1. The van der Waals surface area contributed by atoms with Crippen molar-refractivity contribution in [2.24, 2.45) is 29.1 Å². The number of piperazine rings is 1. The van der Waals surface area contributed by atoms with E-state index in [0.29, 0.717) is 0 Å². The van der Waals surface area contributed by atoms with Crippen LogP contribution >= 0.6 is 0 Å². The summed E-state index contributed by atoms with van der Waals surface area (Å²) in [5.41, 5.74) is 0.719. The third-order valence-electron chi connectivity index (χ3n) is 7.84. The Labute approximate surface area is 156 Å². The van der Waals surface area contributed by atoms with Gasteiger partial charge in [-0.05, 0) is 67.7 Å². The van der Waals surface area contributed by atoms with E-state index in [1.807, 2.05) is 0 Å². The molecule has 0 aromatic carbocycles. The van der Waals surface area contributed by atoms with E-state index in [1.54, 1.807) is 0 Å². The first-order chi connectivity index (χ1) is 12.1. The number of piperidine rings is 1. The van der Waals surface area contributed by atoms with Crippen molar-refractivity contribution < 1.29 is 0 Å². The molecule has 144 valence electrons. The van der Waals surface area contributed by atoms with Gasteiger partial charge >= 0.3 is 0 Å². The smallest absolute Gasteiger partial charge is 0.0110 e. The van der Waals surface area contributed by atoms with E-state index in [2.05, 4.69) is 35.5 Å². The third kappa shape index (κ3) is 4.25. The lowest BCUT2D eigenvalue weighted by Crippen LogP contribution is -2.51. The Bertz CT molecular complexity index is 423. The van der Waals surface area contributed by atoms with Gasteiger partial charge in [0.2, 0.25) is 0 Å². The Kier molecular flexibility index (Phi) is 5.46. The van der Waals surface area contributed by atoms with Crippen LogP contribution in [0.5, 0.6) is 0 Å². The zero-order chi connectivity index (χ0) is 17.4. The molecule has 0 amide bonds. The SMILES string of the molecule is CCN1CCN(CC2C3CCC2CN(CC2(CC(C)C)CC2)C3)CC1. The second kappa shape index (κ2) is 7.48. The molecule has 2 aliphatic heterocycles. The summed E-state index contributed by atoms with van der Waals surface area (Å²) in [6.45, 7) is 19.2. The summed E-state index contributed by atoms with van der Waals surface area (Å²) in [5, 5.41) is 0. The molecular weight excluding hydrogens is 306 g/mol. The molecule has 0 aromatic heterocycles. The maximum atomic E-state index is 2.89. The maximum absolute atomic E-state index is 2.89. The van der Waals surface area contributed by atoms with Crippen molar-refractivity contribution in [3.8, 4) is 0 Å². The average Bonchev–Trinajstić information content (AvgIpc) is 3.29. The van der Waals surface area contributed by atoms with Gasteiger partial charge in [0.1, 0.15) is 0 Å². The topological polar surface area (TPSA) is 9.72 Å². The molecule has 4 fully saturated rings. The van der Waals surface area contributed by atoms with E-state index >= 15 is 0 Å². The molecule has 2 unspecified atom stereocenters. The fourth-order valence-electron chi connectivity index (χ4n) is 6.39. The number of nitrogens with zero attached hydrogens (tertiary/aromatic N) is 3. The Hall–Kier alpha value is -0.120. The molecule has 2 saturated heterocycles. The van der Waals surface area contributed by atoms with Gasteiger partial charge in [-0.2, -0.15) is 0 Å². The van der Waals surface area contributed by atoms with Crippen molar-refractivity contribution in [2.45, 2.75) is 52.9 Å². The van der Waals surface area contributed by atoms with Crippen molar-refractivity contribution in [1.29, 1.82) is 0 Å². The van der Waals surface area contributed by atoms with E-state index in [4.69, 9.17) is 0 Å². The number of rotatable bonds is 7. The van der Waals surface area contributed by atoms with Gasteiger partial charge in [0.15, 0.2) is 0 Å². The van der Waals surface area contributed by atoms with Gasteiger partial charge in [0, 0.05) is 52.4 Å². The second-order valence-corrected chi connectivity index (χ2v) is 10.3. The first-order valence-electron chi connectivity index (χ1n) is 11.2. The molecule has 2 saturated carbocycles. The van der Waals surface area contributed by atoms with Gasteiger partial charge in [-0.15, -0.1) is 0 Å². The standard InChI is InChI=1S/C22H41N3/c1-4-23-9-11-24(12-10-23)16-21-19-5-6-20(21)15-25(14-19)17-22(7-8-22)13-18(2)3/h18-21H,4-17H2,1-3H3. The summed E-state index contributed by atoms with van der Waals surface area (Å²) in [6.07, 6.45) is 7.49. The summed E-state index contributed by atoms with van der Waals surface area (Å²) in [7, 11) is 0. The highest BCUT2D eigenvalue weighted by Gasteiger charge is 2.48. The van der Waals surface area contributed by atoms with Crippen LogP contribution in [-0.2, 0) is 0 Å². The van der Waals surface area contributed by atoms with Gasteiger partial charge in [0.25, 0.3) is 0 Å². The molecule has 2 aliphatic carbocycles. The van der Waals surface area contributed by atoms with Crippen LogP contribution in [-0.4, -0.2) is 73.6 Å². The van der Waals surface area contributed by atoms with Crippen LogP contribution in [0.25, 0.3) is 0 Å². The number of hydrogen-bond acceptors (Lipinski definition) is 3. The van der Waals surface area contributed by atoms with E-state index in [1.165, 1.54) is 91.0 Å². The zero-order valence-corrected chi connectivity index (χ0v) is 17.1. The highest BCUT2D eigenvalue weighted by atomic mass is 15.3. The van der Waals surface area contributed by atoms with Crippen LogP contribution in [0.1, 0.15) is 52.9 Å². The number of likely N-dealkylation sites (tertiary alicyclic amines) is 1. The lowest BCUT2D eigenvalue weighted by Gasteiger charge is -2.43. The number of likely N-dealkylation sites (N-methyl/N-ethyl adjacent to an activating group) is 1. The molecule has 2 atom stereocenters. The minimum absolute atomic E-state index is 0.719. The Morgan fingerprint density at radius 3 is 2.00 bits per heavy atom. The van der Waals surface area contributed by atoms with Crippen molar-refractivity contribution in [1.82, 2.24) is 14.7 Å². The minimum Gasteiger partial charge on any atom is -0.302 e. The molecule has 3 nitrogen and oxygen atoms in total. The lowest BCUT2D eigenvalue weighted by molar-refractivity contribution is 0.0475. The highest BCUT2D eigenvalue weighted by Crippen LogP contribution is 2.52. The first-order valence-corrected chi connectivity index (χ1v) is 11.2. The van der Waals surface area contributed by atoms with Gasteiger partial charge in [0.05, 0.1) is 0 Å². The maximum Gasteiger partial charge on any atom is 0.0110 e. The summed E-state index contributed by atoms with van der Waals surface area (Å²) >= 11 is 0. The monoisotopic (exact) mass is 347 g/mol. The summed E-state index contributed by atoms with van der Waals surface area (Å²) in [4.78, 5) is 8.29. The Balaban J connectivity index is 1.27. The summed E-state index contributed by atoms with van der Waals surface area (Å²) in [6, 6.07) is 0. The fourth-order valence-corrected chi connectivity index (χ4v) is 6.39.